The molecule has 0 amide bonds. The molecule has 1 unspecified atom stereocenters. The molecule has 0 aliphatic carbocycles. The number of hydrogen-bond donors (Lipinski definition) is 2. The zero-order valence-corrected chi connectivity index (χ0v) is 22.2. The molecule has 0 saturated carbocycles. The number of aryl methyl sites for hydroxylation is 1. The summed E-state index contributed by atoms with van der Waals surface area (Å²) in [6.45, 7) is 3.21. The van der Waals surface area contributed by atoms with Gasteiger partial charge in [-0.2, -0.15) is 0 Å². The standard InChI is InChI=1S/C9H16N5O.C7H8N4O2.Hg/c1-3-4-15-7(2)5-11-9-13-6-12-8(10)14-9;1-10-5-4(8-3-9-5)6(12)11(2)7(10)13;/h6-7H,2-5H2,1H3,(H3,10,11,12,13,14);3H,1-2H3,(H,8,9,12);/q;;+1/p-1. The van der Waals surface area contributed by atoms with Crippen LogP contribution in [0.25, 0.3) is 11.2 Å². The first-order valence-electron chi connectivity index (χ1n) is 9.33. The fourth-order valence-electron chi connectivity index (χ4n) is 2.98. The molecule has 0 aromatic carbocycles. The molecule has 1 atom stereocenters. The summed E-state index contributed by atoms with van der Waals surface area (Å²) in [6, 6.07) is 0. The molecule has 0 radical (unpaired) electrons. The van der Waals surface area contributed by atoms with E-state index in [9.17, 15) is 9.59 Å². The van der Waals surface area contributed by atoms with Crippen LogP contribution in [-0.4, -0.2) is 50.7 Å². The molecule has 0 fully saturated rings. The van der Waals surface area contributed by atoms with Gasteiger partial charge in [0, 0.05) is 0 Å². The number of ether oxygens (including phenoxy) is 1. The van der Waals surface area contributed by atoms with Gasteiger partial charge in [-0.05, 0) is 0 Å². The molecule has 3 heterocycles. The van der Waals surface area contributed by atoms with Crippen LogP contribution in [0.5, 0.6) is 0 Å². The van der Waals surface area contributed by atoms with Crippen molar-refractivity contribution in [3.63, 3.8) is 0 Å². The summed E-state index contributed by atoms with van der Waals surface area (Å²) in [5.41, 5.74) is 5.80. The van der Waals surface area contributed by atoms with Crippen molar-refractivity contribution in [1.29, 1.82) is 0 Å². The minimum atomic E-state index is -1.83. The molecule has 3 rings (SSSR count). The van der Waals surface area contributed by atoms with E-state index in [-0.39, 0.29) is 23.3 Å². The van der Waals surface area contributed by atoms with Crippen LogP contribution in [0.15, 0.2) is 22.2 Å². The van der Waals surface area contributed by atoms with Crippen molar-refractivity contribution < 1.29 is 29.6 Å². The number of hydrogen-bond acceptors (Lipinski definition) is 9. The first kappa shape index (κ1) is 21.4. The number of anilines is 2. The van der Waals surface area contributed by atoms with Gasteiger partial charge in [-0.3, -0.25) is 0 Å². The molecular formula is C16H23HgN9O3. The Balaban J connectivity index is 1.75. The molecule has 3 aromatic heterocycles. The molecule has 0 aliphatic heterocycles. The van der Waals surface area contributed by atoms with Crippen molar-refractivity contribution in [2.75, 3.05) is 24.2 Å². The average molecular weight is 590 g/mol. The van der Waals surface area contributed by atoms with Crippen molar-refractivity contribution in [2.24, 2.45) is 14.1 Å². The summed E-state index contributed by atoms with van der Waals surface area (Å²) in [5.74, 6) is 0.552. The van der Waals surface area contributed by atoms with E-state index in [0.29, 0.717) is 30.3 Å². The zero-order valence-electron chi connectivity index (χ0n) is 16.7. The van der Waals surface area contributed by atoms with E-state index in [4.69, 9.17) is 10.5 Å². The van der Waals surface area contributed by atoms with Crippen molar-refractivity contribution in [1.82, 2.24) is 31.4 Å². The number of rotatable bonds is 9. The van der Waals surface area contributed by atoms with Crippen LogP contribution in [0.2, 0.25) is 3.93 Å². The fourth-order valence-corrected chi connectivity index (χ4v) is 9.33. The SMILES string of the molecule is CCCOC(CNc1ncnc(N)n1)[CH2][Hg][n]1cnc2c1c(=O)n(C)c(=O)n2C. The van der Waals surface area contributed by atoms with Crippen LogP contribution in [-0.2, 0) is 43.7 Å². The van der Waals surface area contributed by atoms with Crippen LogP contribution >= 0.6 is 0 Å². The van der Waals surface area contributed by atoms with Gasteiger partial charge in [0.15, 0.2) is 0 Å². The van der Waals surface area contributed by atoms with Crippen LogP contribution < -0.4 is 22.3 Å². The van der Waals surface area contributed by atoms with E-state index in [1.807, 2.05) is 2.33 Å². The van der Waals surface area contributed by atoms with Crippen molar-refractivity contribution in [3.8, 4) is 0 Å². The number of nitrogens with one attached hydrogen (secondary N) is 1. The molecule has 3 aromatic rings. The zero-order chi connectivity index (χ0) is 21.0. The Morgan fingerprint density at radius 3 is 2.76 bits per heavy atom. The molecule has 0 bridgehead atoms. The van der Waals surface area contributed by atoms with E-state index in [2.05, 4.69) is 32.2 Å². The second kappa shape index (κ2) is 9.44. The minimum absolute atomic E-state index is 0.0524. The van der Waals surface area contributed by atoms with E-state index in [0.717, 1.165) is 14.9 Å². The van der Waals surface area contributed by atoms with Gasteiger partial charge in [-0.25, -0.2) is 0 Å². The Kier molecular flexibility index (Phi) is 6.95. The monoisotopic (exact) mass is 591 g/mol. The molecule has 0 spiro atoms. The Morgan fingerprint density at radius 2 is 2.03 bits per heavy atom. The van der Waals surface area contributed by atoms with Gasteiger partial charge in [-0.15, -0.1) is 0 Å². The predicted molar refractivity (Wildman–Crippen MR) is 103 cm³/mol. The first-order valence-corrected chi connectivity index (χ1v) is 15.7. The molecule has 0 saturated heterocycles. The van der Waals surface area contributed by atoms with Gasteiger partial charge < -0.3 is 0 Å². The quantitative estimate of drug-likeness (QED) is 0.311. The molecule has 3 N–H and O–H groups in total. The average Bonchev–Trinajstić information content (AvgIpc) is 3.14. The van der Waals surface area contributed by atoms with E-state index in [1.54, 1.807) is 13.4 Å². The van der Waals surface area contributed by atoms with E-state index in [1.165, 1.54) is 17.9 Å². The molecule has 152 valence electrons. The van der Waals surface area contributed by atoms with Crippen LogP contribution in [0.4, 0.5) is 11.9 Å². The summed E-state index contributed by atoms with van der Waals surface area (Å²) >= 11 is -1.83. The van der Waals surface area contributed by atoms with Gasteiger partial charge in [0.2, 0.25) is 0 Å². The van der Waals surface area contributed by atoms with Crippen LogP contribution in [0.3, 0.4) is 0 Å². The summed E-state index contributed by atoms with van der Waals surface area (Å²) in [5, 5.41) is 3.13. The molecule has 12 nitrogen and oxygen atoms in total. The maximum absolute atomic E-state index is 12.6. The Hall–Kier alpha value is -2.34. The summed E-state index contributed by atoms with van der Waals surface area (Å²) < 4.78 is 11.3. The van der Waals surface area contributed by atoms with E-state index >= 15 is 0 Å². The second-order valence-corrected chi connectivity index (χ2v) is 13.3. The summed E-state index contributed by atoms with van der Waals surface area (Å²) in [6.07, 6.45) is 3.88. The Morgan fingerprint density at radius 1 is 1.24 bits per heavy atom. The van der Waals surface area contributed by atoms with E-state index < -0.39 is 24.9 Å². The van der Waals surface area contributed by atoms with Crippen LogP contribution in [0.1, 0.15) is 13.3 Å². The molecule has 29 heavy (non-hydrogen) atoms. The number of aromatic nitrogens is 7. The summed E-state index contributed by atoms with van der Waals surface area (Å²) in [4.78, 5) is 40.8. The molecular weight excluding hydrogens is 567 g/mol. The number of nitrogen functional groups attached to an aromatic ring is 1. The maximum atomic E-state index is 12.6. The Bertz CT molecular complexity index is 1110. The normalized spacial score (nSPS) is 12.1. The van der Waals surface area contributed by atoms with Crippen LogP contribution in [0, 0.1) is 0 Å². The second-order valence-electron chi connectivity index (χ2n) is 6.65. The number of fused-ring (bicyclic) bond motifs is 1. The fraction of sp³-hybridized carbons (Fsp3) is 0.500. The molecule has 13 heteroatoms. The van der Waals surface area contributed by atoms with Gasteiger partial charge in [0.05, 0.1) is 0 Å². The number of nitrogens with two attached hydrogens (primary N) is 1. The Labute approximate surface area is 179 Å². The van der Waals surface area contributed by atoms with Gasteiger partial charge >= 0.3 is 179 Å². The van der Waals surface area contributed by atoms with Crippen molar-refractivity contribution in [3.05, 3.63) is 33.5 Å². The first-order chi connectivity index (χ1) is 13.9. The third-order valence-electron chi connectivity index (χ3n) is 4.55. The topological polar surface area (TPSA) is 148 Å². The molecule has 0 aliphatic rings. The van der Waals surface area contributed by atoms with Gasteiger partial charge in [0.1, 0.15) is 0 Å². The third-order valence-corrected chi connectivity index (χ3v) is 11.8. The number of nitrogens with zero attached hydrogens (tertiary/aromatic N) is 7. The van der Waals surface area contributed by atoms with Crippen molar-refractivity contribution in [2.45, 2.75) is 23.4 Å². The van der Waals surface area contributed by atoms with Gasteiger partial charge in [0.25, 0.3) is 0 Å². The van der Waals surface area contributed by atoms with Crippen molar-refractivity contribution >= 4 is 23.1 Å². The predicted octanol–water partition coefficient (Wildman–Crippen LogP) is -0.628. The number of imidazole rings is 1. The third kappa shape index (κ3) is 4.81. The summed E-state index contributed by atoms with van der Waals surface area (Å²) in [7, 11) is 3.10. The van der Waals surface area contributed by atoms with Gasteiger partial charge in [-0.1, -0.05) is 0 Å².